The molecule has 0 spiro atoms. The van der Waals surface area contributed by atoms with Gasteiger partial charge in [0.2, 0.25) is 0 Å². The van der Waals surface area contributed by atoms with Gasteiger partial charge in [0.25, 0.3) is 0 Å². The van der Waals surface area contributed by atoms with E-state index in [4.69, 9.17) is 5.11 Å². The molecule has 62 valence electrons. The Morgan fingerprint density at radius 2 is 2.45 bits per heavy atom. The van der Waals surface area contributed by atoms with Crippen LogP contribution in [0.4, 0.5) is 0 Å². The third kappa shape index (κ3) is 3.60. The summed E-state index contributed by atoms with van der Waals surface area (Å²) in [7, 11) is 0. The Hall–Kier alpha value is 0.490. The predicted octanol–water partition coefficient (Wildman–Crippen LogP) is 2.74. The smallest absolute Gasteiger partial charge is 0.0521 e. The average Bonchev–Trinajstić information content (AvgIpc) is 2.37. The minimum atomic E-state index is 0.275. The van der Waals surface area contributed by atoms with Gasteiger partial charge in [-0.1, -0.05) is 0 Å². The molecule has 0 bridgehead atoms. The quantitative estimate of drug-likeness (QED) is 0.832. The molecule has 11 heavy (non-hydrogen) atoms. The van der Waals surface area contributed by atoms with Crippen molar-refractivity contribution in [2.45, 2.75) is 5.75 Å². The molecule has 0 atom stereocenters. The second-order valence-electron chi connectivity index (χ2n) is 2.01. The Morgan fingerprint density at radius 3 is 3.00 bits per heavy atom. The molecule has 0 saturated heterocycles. The highest BCUT2D eigenvalue weighted by Crippen LogP contribution is 2.23. The summed E-state index contributed by atoms with van der Waals surface area (Å²) in [5, 5.41) is 10.6. The normalized spacial score (nSPS) is 10.4. The van der Waals surface area contributed by atoms with Crippen LogP contribution in [0.5, 0.6) is 0 Å². The van der Waals surface area contributed by atoms with Crippen LogP contribution >= 0.6 is 39.0 Å². The predicted molar refractivity (Wildman–Crippen MR) is 55.3 cm³/mol. The maximum Gasteiger partial charge on any atom is 0.0521 e. The van der Waals surface area contributed by atoms with Crippen molar-refractivity contribution in [1.29, 1.82) is 0 Å². The molecular weight excluding hydrogens is 244 g/mol. The van der Waals surface area contributed by atoms with Gasteiger partial charge in [-0.2, -0.15) is 11.8 Å². The Kier molecular flexibility index (Phi) is 4.52. The molecule has 4 heteroatoms. The van der Waals surface area contributed by atoms with Crippen molar-refractivity contribution in [2.24, 2.45) is 0 Å². The van der Waals surface area contributed by atoms with Crippen molar-refractivity contribution in [1.82, 2.24) is 0 Å². The molecule has 0 unspecified atom stereocenters. The van der Waals surface area contributed by atoms with Gasteiger partial charge in [0.05, 0.1) is 6.61 Å². The molecule has 1 N–H and O–H groups in total. The SMILES string of the molecule is OCCSCc1cc(Br)cs1. The van der Waals surface area contributed by atoms with Crippen molar-refractivity contribution in [3.8, 4) is 0 Å². The van der Waals surface area contributed by atoms with Gasteiger partial charge in [0.15, 0.2) is 0 Å². The largest absolute Gasteiger partial charge is 0.396 e. The van der Waals surface area contributed by atoms with Gasteiger partial charge in [-0.05, 0) is 22.0 Å². The van der Waals surface area contributed by atoms with Crippen molar-refractivity contribution >= 4 is 39.0 Å². The van der Waals surface area contributed by atoms with Gasteiger partial charge < -0.3 is 5.11 Å². The van der Waals surface area contributed by atoms with Crippen molar-refractivity contribution in [3.05, 3.63) is 20.8 Å². The fourth-order valence-corrected chi connectivity index (χ4v) is 2.98. The zero-order valence-electron chi connectivity index (χ0n) is 5.92. The third-order valence-corrected chi connectivity index (χ3v) is 3.97. The Morgan fingerprint density at radius 1 is 1.64 bits per heavy atom. The lowest BCUT2D eigenvalue weighted by Gasteiger charge is -1.93. The third-order valence-electron chi connectivity index (χ3n) is 1.10. The van der Waals surface area contributed by atoms with E-state index in [2.05, 4.69) is 27.4 Å². The minimum absolute atomic E-state index is 0.275. The number of thiophene rings is 1. The average molecular weight is 253 g/mol. The van der Waals surface area contributed by atoms with Gasteiger partial charge in [-0.15, -0.1) is 11.3 Å². The fraction of sp³-hybridized carbons (Fsp3) is 0.429. The van der Waals surface area contributed by atoms with Crippen LogP contribution in [0.3, 0.4) is 0 Å². The summed E-state index contributed by atoms with van der Waals surface area (Å²) in [5.74, 6) is 1.84. The summed E-state index contributed by atoms with van der Waals surface area (Å²) in [4.78, 5) is 1.36. The first-order valence-corrected chi connectivity index (χ1v) is 6.07. The zero-order valence-corrected chi connectivity index (χ0v) is 9.14. The number of halogens is 1. The summed E-state index contributed by atoms with van der Waals surface area (Å²) >= 11 is 6.90. The van der Waals surface area contributed by atoms with E-state index >= 15 is 0 Å². The summed E-state index contributed by atoms with van der Waals surface area (Å²) in [6, 6.07) is 2.12. The fourth-order valence-electron chi connectivity index (χ4n) is 0.667. The highest BCUT2D eigenvalue weighted by molar-refractivity contribution is 9.10. The number of hydrogen-bond acceptors (Lipinski definition) is 3. The molecule has 1 heterocycles. The van der Waals surface area contributed by atoms with E-state index in [9.17, 15) is 0 Å². The number of aliphatic hydroxyl groups is 1. The van der Waals surface area contributed by atoms with E-state index in [1.54, 1.807) is 23.1 Å². The summed E-state index contributed by atoms with van der Waals surface area (Å²) in [6.07, 6.45) is 0. The van der Waals surface area contributed by atoms with Crippen molar-refractivity contribution in [2.75, 3.05) is 12.4 Å². The van der Waals surface area contributed by atoms with Gasteiger partial charge >= 0.3 is 0 Å². The second kappa shape index (κ2) is 5.19. The second-order valence-corrected chi connectivity index (χ2v) is 5.02. The molecule has 0 aliphatic carbocycles. The lowest BCUT2D eigenvalue weighted by atomic mass is 10.5. The zero-order chi connectivity index (χ0) is 8.10. The molecule has 0 aliphatic rings. The molecule has 0 aromatic carbocycles. The first-order chi connectivity index (χ1) is 5.33. The Balaban J connectivity index is 2.27. The maximum atomic E-state index is 8.52. The lowest BCUT2D eigenvalue weighted by molar-refractivity contribution is 0.322. The van der Waals surface area contributed by atoms with E-state index in [-0.39, 0.29) is 6.61 Å². The van der Waals surface area contributed by atoms with Crippen LogP contribution in [0.1, 0.15) is 4.88 Å². The van der Waals surface area contributed by atoms with Crippen LogP contribution in [-0.2, 0) is 5.75 Å². The standard InChI is InChI=1S/C7H9BrOS2/c8-6-3-7(11-4-6)5-10-2-1-9/h3-4,9H,1-2,5H2. The van der Waals surface area contributed by atoms with E-state index in [1.165, 1.54) is 4.88 Å². The molecule has 1 aromatic rings. The molecule has 0 aliphatic heterocycles. The number of thioether (sulfide) groups is 1. The number of aliphatic hydroxyl groups excluding tert-OH is 1. The summed E-state index contributed by atoms with van der Waals surface area (Å²) < 4.78 is 1.15. The van der Waals surface area contributed by atoms with Crippen LogP contribution in [0.2, 0.25) is 0 Å². The monoisotopic (exact) mass is 252 g/mol. The summed E-state index contributed by atoms with van der Waals surface area (Å²) in [6.45, 7) is 0.275. The molecule has 1 rings (SSSR count). The minimum Gasteiger partial charge on any atom is -0.396 e. The lowest BCUT2D eigenvalue weighted by Crippen LogP contribution is -1.85. The van der Waals surface area contributed by atoms with Crippen LogP contribution in [0.15, 0.2) is 15.9 Å². The van der Waals surface area contributed by atoms with Gasteiger partial charge in [0.1, 0.15) is 0 Å². The number of rotatable bonds is 4. The number of hydrogen-bond donors (Lipinski definition) is 1. The molecular formula is C7H9BrOS2. The summed E-state index contributed by atoms with van der Waals surface area (Å²) in [5.41, 5.74) is 0. The molecule has 0 fully saturated rings. The van der Waals surface area contributed by atoms with Gasteiger partial charge in [-0.3, -0.25) is 0 Å². The van der Waals surface area contributed by atoms with Crippen molar-refractivity contribution < 1.29 is 5.11 Å². The van der Waals surface area contributed by atoms with Crippen LogP contribution in [-0.4, -0.2) is 17.5 Å². The Bertz CT molecular complexity index is 212. The maximum absolute atomic E-state index is 8.52. The molecule has 0 amide bonds. The van der Waals surface area contributed by atoms with E-state index in [0.717, 1.165) is 16.0 Å². The molecule has 0 radical (unpaired) electrons. The molecule has 1 nitrogen and oxygen atoms in total. The van der Waals surface area contributed by atoms with E-state index < -0.39 is 0 Å². The molecule has 1 aromatic heterocycles. The van der Waals surface area contributed by atoms with Crippen LogP contribution < -0.4 is 0 Å². The first-order valence-electron chi connectivity index (χ1n) is 3.24. The Labute approximate surface area is 83.0 Å². The van der Waals surface area contributed by atoms with Gasteiger partial charge in [0, 0.05) is 26.2 Å². The first kappa shape index (κ1) is 9.58. The highest BCUT2D eigenvalue weighted by atomic mass is 79.9. The van der Waals surface area contributed by atoms with E-state index in [0.29, 0.717) is 0 Å². The van der Waals surface area contributed by atoms with Gasteiger partial charge in [-0.25, -0.2) is 0 Å². The van der Waals surface area contributed by atoms with E-state index in [1.807, 2.05) is 0 Å². The van der Waals surface area contributed by atoms with Crippen molar-refractivity contribution in [3.63, 3.8) is 0 Å². The highest BCUT2D eigenvalue weighted by Gasteiger charge is 1.96. The van der Waals surface area contributed by atoms with Crippen LogP contribution in [0, 0.1) is 0 Å². The molecule has 0 saturated carbocycles. The van der Waals surface area contributed by atoms with Crippen LogP contribution in [0.25, 0.3) is 0 Å². The topological polar surface area (TPSA) is 20.2 Å².